The van der Waals surface area contributed by atoms with Crippen LogP contribution in [-0.2, 0) is 11.3 Å². The van der Waals surface area contributed by atoms with Crippen molar-refractivity contribution in [2.24, 2.45) is 0 Å². The molecule has 4 nitrogen and oxygen atoms in total. The summed E-state index contributed by atoms with van der Waals surface area (Å²) in [5.74, 6) is 0.524. The zero-order valence-electron chi connectivity index (χ0n) is 12.1. The van der Waals surface area contributed by atoms with E-state index in [2.05, 4.69) is 17.6 Å². The van der Waals surface area contributed by atoms with Crippen LogP contribution in [0.15, 0.2) is 54.6 Å². The SMILES string of the molecule is CCNCc1ccc(OCC(=O)Nc2ccccc2)cc1. The Morgan fingerprint density at radius 3 is 2.43 bits per heavy atom. The quantitative estimate of drug-likeness (QED) is 0.822. The first-order valence-corrected chi connectivity index (χ1v) is 7.05. The first-order valence-electron chi connectivity index (χ1n) is 7.05. The normalized spacial score (nSPS) is 10.1. The van der Waals surface area contributed by atoms with Crippen LogP contribution in [0.3, 0.4) is 0 Å². The van der Waals surface area contributed by atoms with Crippen molar-refractivity contribution < 1.29 is 9.53 Å². The predicted octanol–water partition coefficient (Wildman–Crippen LogP) is 2.81. The minimum atomic E-state index is -0.169. The molecular weight excluding hydrogens is 264 g/mol. The van der Waals surface area contributed by atoms with Crippen molar-refractivity contribution in [3.63, 3.8) is 0 Å². The highest BCUT2D eigenvalue weighted by Gasteiger charge is 2.03. The molecule has 0 aromatic heterocycles. The summed E-state index contributed by atoms with van der Waals surface area (Å²) in [5.41, 5.74) is 1.96. The van der Waals surface area contributed by atoms with E-state index in [-0.39, 0.29) is 12.5 Å². The average molecular weight is 284 g/mol. The molecule has 2 aromatic rings. The summed E-state index contributed by atoms with van der Waals surface area (Å²) in [6, 6.07) is 17.1. The molecule has 0 saturated carbocycles. The molecular formula is C17H20N2O2. The van der Waals surface area contributed by atoms with Crippen LogP contribution in [0.4, 0.5) is 5.69 Å². The van der Waals surface area contributed by atoms with Crippen molar-refractivity contribution >= 4 is 11.6 Å². The van der Waals surface area contributed by atoms with Crippen molar-refractivity contribution in [3.8, 4) is 5.75 Å². The van der Waals surface area contributed by atoms with Gasteiger partial charge in [-0.05, 0) is 36.4 Å². The van der Waals surface area contributed by atoms with Gasteiger partial charge in [-0.2, -0.15) is 0 Å². The van der Waals surface area contributed by atoms with Crippen molar-refractivity contribution in [2.75, 3.05) is 18.5 Å². The number of hydrogen-bond donors (Lipinski definition) is 2. The minimum Gasteiger partial charge on any atom is -0.484 e. The fourth-order valence-corrected chi connectivity index (χ4v) is 1.84. The molecule has 1 amide bonds. The molecule has 110 valence electrons. The van der Waals surface area contributed by atoms with Crippen LogP contribution in [0.2, 0.25) is 0 Å². The van der Waals surface area contributed by atoms with E-state index in [4.69, 9.17) is 4.74 Å². The van der Waals surface area contributed by atoms with E-state index < -0.39 is 0 Å². The molecule has 0 bridgehead atoms. The van der Waals surface area contributed by atoms with Gasteiger partial charge in [0.05, 0.1) is 0 Å². The highest BCUT2D eigenvalue weighted by molar-refractivity contribution is 5.91. The molecule has 0 aliphatic carbocycles. The van der Waals surface area contributed by atoms with Gasteiger partial charge in [0.25, 0.3) is 5.91 Å². The second-order valence-corrected chi connectivity index (χ2v) is 4.63. The van der Waals surface area contributed by atoms with Gasteiger partial charge in [0.2, 0.25) is 0 Å². The molecule has 2 N–H and O–H groups in total. The number of rotatable bonds is 7. The Balaban J connectivity index is 1.78. The highest BCUT2D eigenvalue weighted by Crippen LogP contribution is 2.12. The topological polar surface area (TPSA) is 50.4 Å². The number of ether oxygens (including phenoxy) is 1. The Morgan fingerprint density at radius 1 is 1.05 bits per heavy atom. The van der Waals surface area contributed by atoms with E-state index in [1.807, 2.05) is 54.6 Å². The summed E-state index contributed by atoms with van der Waals surface area (Å²) < 4.78 is 5.47. The molecule has 4 heteroatoms. The van der Waals surface area contributed by atoms with Gasteiger partial charge in [-0.1, -0.05) is 37.3 Å². The molecule has 21 heavy (non-hydrogen) atoms. The smallest absolute Gasteiger partial charge is 0.262 e. The van der Waals surface area contributed by atoms with E-state index in [0.717, 1.165) is 18.8 Å². The largest absolute Gasteiger partial charge is 0.484 e. The second kappa shape index (κ2) is 8.07. The van der Waals surface area contributed by atoms with Crippen LogP contribution in [0.1, 0.15) is 12.5 Å². The van der Waals surface area contributed by atoms with E-state index in [1.165, 1.54) is 5.56 Å². The van der Waals surface area contributed by atoms with Gasteiger partial charge in [-0.3, -0.25) is 4.79 Å². The number of carbonyl (C=O) groups excluding carboxylic acids is 1. The van der Waals surface area contributed by atoms with Gasteiger partial charge in [0.15, 0.2) is 6.61 Å². The van der Waals surface area contributed by atoms with Gasteiger partial charge >= 0.3 is 0 Å². The van der Waals surface area contributed by atoms with Crippen LogP contribution in [-0.4, -0.2) is 19.1 Å². The first-order chi connectivity index (χ1) is 10.3. The standard InChI is InChI=1S/C17H20N2O2/c1-2-18-12-14-8-10-16(11-9-14)21-13-17(20)19-15-6-4-3-5-7-15/h3-11,18H,2,12-13H2,1H3,(H,19,20). The average Bonchev–Trinajstić information content (AvgIpc) is 2.53. The maximum atomic E-state index is 11.7. The number of amides is 1. The highest BCUT2D eigenvalue weighted by atomic mass is 16.5. The molecule has 0 saturated heterocycles. The summed E-state index contributed by atoms with van der Waals surface area (Å²) in [5, 5.41) is 6.03. The molecule has 0 aliphatic heterocycles. The number of para-hydroxylation sites is 1. The third-order valence-electron chi connectivity index (χ3n) is 2.93. The third kappa shape index (κ3) is 5.28. The number of carbonyl (C=O) groups is 1. The van der Waals surface area contributed by atoms with Gasteiger partial charge < -0.3 is 15.4 Å². The fourth-order valence-electron chi connectivity index (χ4n) is 1.84. The van der Waals surface area contributed by atoms with Crippen LogP contribution in [0, 0.1) is 0 Å². The summed E-state index contributed by atoms with van der Waals surface area (Å²) in [4.78, 5) is 11.7. The van der Waals surface area contributed by atoms with Gasteiger partial charge in [0.1, 0.15) is 5.75 Å². The second-order valence-electron chi connectivity index (χ2n) is 4.63. The molecule has 2 aromatic carbocycles. The van der Waals surface area contributed by atoms with Crippen LogP contribution in [0.25, 0.3) is 0 Å². The summed E-state index contributed by atoms with van der Waals surface area (Å²) in [7, 11) is 0. The third-order valence-corrected chi connectivity index (χ3v) is 2.93. The lowest BCUT2D eigenvalue weighted by Crippen LogP contribution is -2.20. The molecule has 0 aliphatic rings. The summed E-state index contributed by atoms with van der Waals surface area (Å²) in [6.45, 7) is 3.85. The van der Waals surface area contributed by atoms with E-state index in [1.54, 1.807) is 0 Å². The van der Waals surface area contributed by atoms with Crippen molar-refractivity contribution in [1.29, 1.82) is 0 Å². The van der Waals surface area contributed by atoms with Crippen molar-refractivity contribution in [3.05, 3.63) is 60.2 Å². The van der Waals surface area contributed by atoms with Gasteiger partial charge in [-0.25, -0.2) is 0 Å². The van der Waals surface area contributed by atoms with E-state index >= 15 is 0 Å². The molecule has 0 spiro atoms. The molecule has 0 heterocycles. The number of benzene rings is 2. The van der Waals surface area contributed by atoms with E-state index in [9.17, 15) is 4.79 Å². The Morgan fingerprint density at radius 2 is 1.76 bits per heavy atom. The molecule has 0 atom stereocenters. The summed E-state index contributed by atoms with van der Waals surface area (Å²) in [6.07, 6.45) is 0. The van der Waals surface area contributed by atoms with Gasteiger partial charge in [-0.15, -0.1) is 0 Å². The lowest BCUT2D eigenvalue weighted by molar-refractivity contribution is -0.118. The Hall–Kier alpha value is -2.33. The van der Waals surface area contributed by atoms with Crippen LogP contribution >= 0.6 is 0 Å². The fraction of sp³-hybridized carbons (Fsp3) is 0.235. The maximum absolute atomic E-state index is 11.7. The number of nitrogens with one attached hydrogen (secondary N) is 2. The van der Waals surface area contributed by atoms with Crippen LogP contribution < -0.4 is 15.4 Å². The van der Waals surface area contributed by atoms with E-state index in [0.29, 0.717) is 5.75 Å². The lowest BCUT2D eigenvalue weighted by Gasteiger charge is -2.08. The van der Waals surface area contributed by atoms with Gasteiger partial charge in [0, 0.05) is 12.2 Å². The Kier molecular flexibility index (Phi) is 5.79. The zero-order chi connectivity index (χ0) is 14.9. The maximum Gasteiger partial charge on any atom is 0.262 e. The Bertz CT molecular complexity index is 553. The van der Waals surface area contributed by atoms with Crippen molar-refractivity contribution in [1.82, 2.24) is 5.32 Å². The Labute approximate surface area is 125 Å². The number of hydrogen-bond acceptors (Lipinski definition) is 3. The molecule has 0 fully saturated rings. The molecule has 0 radical (unpaired) electrons. The first kappa shape index (κ1) is 15.1. The lowest BCUT2D eigenvalue weighted by atomic mass is 10.2. The number of anilines is 1. The molecule has 0 unspecified atom stereocenters. The predicted molar refractivity (Wildman–Crippen MR) is 84.4 cm³/mol. The zero-order valence-corrected chi connectivity index (χ0v) is 12.1. The monoisotopic (exact) mass is 284 g/mol. The van der Waals surface area contributed by atoms with Crippen LogP contribution in [0.5, 0.6) is 5.75 Å². The summed E-state index contributed by atoms with van der Waals surface area (Å²) >= 11 is 0. The van der Waals surface area contributed by atoms with Crippen molar-refractivity contribution in [2.45, 2.75) is 13.5 Å². The minimum absolute atomic E-state index is 0.00144. The molecule has 2 rings (SSSR count).